The van der Waals surface area contributed by atoms with Crippen LogP contribution in [-0.4, -0.2) is 50.7 Å². The minimum Gasteiger partial charge on any atom is -0.493 e. The van der Waals surface area contributed by atoms with Crippen molar-refractivity contribution in [3.63, 3.8) is 0 Å². The molecule has 6 nitrogen and oxygen atoms in total. The smallest absolute Gasteiger partial charge is 0.191 e. The number of nitrogens with one attached hydrogen (secondary N) is 2. The minimum absolute atomic E-state index is 0.229. The van der Waals surface area contributed by atoms with Gasteiger partial charge < -0.3 is 19.8 Å². The number of rotatable bonds is 6. The Morgan fingerprint density at radius 3 is 2.79 bits per heavy atom. The van der Waals surface area contributed by atoms with Gasteiger partial charge in [-0.3, -0.25) is 9.89 Å². The van der Waals surface area contributed by atoms with E-state index in [2.05, 4.69) is 44.8 Å². The number of para-hydroxylation sites is 1. The molecule has 29 heavy (non-hydrogen) atoms. The van der Waals surface area contributed by atoms with Gasteiger partial charge in [0.05, 0.1) is 18.9 Å². The highest BCUT2D eigenvalue weighted by Gasteiger charge is 2.25. The Labute approximate surface area is 173 Å². The minimum atomic E-state index is 0.229. The number of ether oxygens (including phenoxy) is 1. The van der Waals surface area contributed by atoms with E-state index >= 15 is 0 Å². The van der Waals surface area contributed by atoms with E-state index < -0.39 is 0 Å². The van der Waals surface area contributed by atoms with E-state index in [-0.39, 0.29) is 6.04 Å². The summed E-state index contributed by atoms with van der Waals surface area (Å²) >= 11 is 0. The van der Waals surface area contributed by atoms with Crippen LogP contribution in [0.2, 0.25) is 0 Å². The zero-order valence-corrected chi connectivity index (χ0v) is 17.3. The second kappa shape index (κ2) is 9.83. The lowest BCUT2D eigenvalue weighted by atomic mass is 9.93. The number of guanidine groups is 1. The number of benzene rings is 1. The second-order valence-electron chi connectivity index (χ2n) is 7.83. The number of likely N-dealkylation sites (tertiary alicyclic amines) is 1. The molecule has 0 radical (unpaired) electrons. The highest BCUT2D eigenvalue weighted by atomic mass is 16.5. The van der Waals surface area contributed by atoms with Gasteiger partial charge >= 0.3 is 0 Å². The lowest BCUT2D eigenvalue weighted by Gasteiger charge is -2.34. The molecule has 2 unspecified atom stereocenters. The Kier molecular flexibility index (Phi) is 6.72. The van der Waals surface area contributed by atoms with E-state index in [1.807, 2.05) is 19.2 Å². The summed E-state index contributed by atoms with van der Waals surface area (Å²) < 4.78 is 11.5. The normalized spacial score (nSPS) is 21.1. The Bertz CT molecular complexity index is 784. The first kappa shape index (κ1) is 19.8. The van der Waals surface area contributed by atoms with Gasteiger partial charge in [0, 0.05) is 26.1 Å². The molecule has 1 saturated heterocycles. The van der Waals surface area contributed by atoms with Crippen molar-refractivity contribution < 1.29 is 9.15 Å². The first-order chi connectivity index (χ1) is 14.3. The third-order valence-electron chi connectivity index (χ3n) is 5.99. The third-order valence-corrected chi connectivity index (χ3v) is 5.99. The molecule has 0 aliphatic carbocycles. The van der Waals surface area contributed by atoms with Gasteiger partial charge in [-0.2, -0.15) is 0 Å². The van der Waals surface area contributed by atoms with Gasteiger partial charge in [0.2, 0.25) is 0 Å². The molecule has 4 rings (SSSR count). The van der Waals surface area contributed by atoms with Crippen molar-refractivity contribution in [3.05, 3.63) is 54.0 Å². The van der Waals surface area contributed by atoms with Crippen LogP contribution in [0.25, 0.3) is 0 Å². The van der Waals surface area contributed by atoms with Crippen LogP contribution in [0.4, 0.5) is 0 Å². The zero-order valence-electron chi connectivity index (χ0n) is 17.3. The van der Waals surface area contributed by atoms with Crippen LogP contribution < -0.4 is 15.4 Å². The Morgan fingerprint density at radius 1 is 1.14 bits per heavy atom. The summed E-state index contributed by atoms with van der Waals surface area (Å²) in [6, 6.07) is 12.6. The van der Waals surface area contributed by atoms with Crippen LogP contribution in [-0.2, 0) is 0 Å². The molecule has 2 N–H and O–H groups in total. The van der Waals surface area contributed by atoms with Crippen LogP contribution in [0, 0.1) is 0 Å². The quantitative estimate of drug-likeness (QED) is 0.578. The van der Waals surface area contributed by atoms with Crippen molar-refractivity contribution in [1.29, 1.82) is 0 Å². The molecule has 1 aromatic heterocycles. The molecule has 3 heterocycles. The number of nitrogens with zero attached hydrogens (tertiary/aromatic N) is 2. The molecule has 1 aromatic carbocycles. The van der Waals surface area contributed by atoms with Gasteiger partial charge in [0.15, 0.2) is 5.96 Å². The number of fused-ring (bicyclic) bond motifs is 1. The lowest BCUT2D eigenvalue weighted by molar-refractivity contribution is 0.146. The van der Waals surface area contributed by atoms with Gasteiger partial charge in [-0.15, -0.1) is 0 Å². The highest BCUT2D eigenvalue weighted by molar-refractivity contribution is 5.79. The molecule has 2 aliphatic heterocycles. The van der Waals surface area contributed by atoms with E-state index in [4.69, 9.17) is 9.15 Å². The number of aliphatic imine (C=N–C) groups is 1. The van der Waals surface area contributed by atoms with Crippen molar-refractivity contribution >= 4 is 5.96 Å². The summed E-state index contributed by atoms with van der Waals surface area (Å²) in [4.78, 5) is 6.97. The van der Waals surface area contributed by atoms with Crippen LogP contribution in [0.5, 0.6) is 5.75 Å². The van der Waals surface area contributed by atoms with Crippen molar-refractivity contribution in [2.24, 2.45) is 4.99 Å². The van der Waals surface area contributed by atoms with Crippen LogP contribution in [0.15, 0.2) is 52.1 Å². The maximum Gasteiger partial charge on any atom is 0.191 e. The molecule has 156 valence electrons. The monoisotopic (exact) mass is 396 g/mol. The van der Waals surface area contributed by atoms with Crippen LogP contribution in [0.3, 0.4) is 0 Å². The van der Waals surface area contributed by atoms with E-state index in [9.17, 15) is 0 Å². The fourth-order valence-corrected chi connectivity index (χ4v) is 4.38. The maximum atomic E-state index is 5.78. The van der Waals surface area contributed by atoms with Crippen LogP contribution >= 0.6 is 0 Å². The fraction of sp³-hybridized carbons (Fsp3) is 0.522. The summed E-state index contributed by atoms with van der Waals surface area (Å²) in [6.07, 6.45) is 6.62. The molecule has 0 saturated carbocycles. The standard InChI is InChI=1S/C23H32N4O2/c1-24-23(25-16-18-11-15-29-21-9-4-3-8-19(18)21)26-17-20(22-10-7-14-28-22)27-12-5-2-6-13-27/h3-4,7-10,14,18,20H,2,5-6,11-13,15-17H2,1H3,(H2,24,25,26). The van der Waals surface area contributed by atoms with Gasteiger partial charge in [0.25, 0.3) is 0 Å². The van der Waals surface area contributed by atoms with E-state index in [0.29, 0.717) is 5.92 Å². The summed E-state index contributed by atoms with van der Waals surface area (Å²) in [7, 11) is 1.83. The molecule has 1 fully saturated rings. The summed E-state index contributed by atoms with van der Waals surface area (Å²) in [5, 5.41) is 7.04. The van der Waals surface area contributed by atoms with Gasteiger partial charge in [0.1, 0.15) is 11.5 Å². The maximum absolute atomic E-state index is 5.78. The molecule has 0 bridgehead atoms. The molecule has 6 heteroatoms. The average molecular weight is 397 g/mol. The predicted molar refractivity (Wildman–Crippen MR) is 116 cm³/mol. The number of hydrogen-bond donors (Lipinski definition) is 2. The third kappa shape index (κ3) is 4.93. The van der Waals surface area contributed by atoms with Gasteiger partial charge in [-0.05, 0) is 56.1 Å². The van der Waals surface area contributed by atoms with E-state index in [0.717, 1.165) is 56.7 Å². The summed E-state index contributed by atoms with van der Waals surface area (Å²) in [6.45, 7) is 4.63. The highest BCUT2D eigenvalue weighted by Crippen LogP contribution is 2.32. The molecular weight excluding hydrogens is 364 g/mol. The predicted octanol–water partition coefficient (Wildman–Crippen LogP) is 3.54. The van der Waals surface area contributed by atoms with Crippen molar-refractivity contribution in [1.82, 2.24) is 15.5 Å². The Morgan fingerprint density at radius 2 is 2.00 bits per heavy atom. The fourth-order valence-electron chi connectivity index (χ4n) is 4.38. The zero-order chi connectivity index (χ0) is 19.9. The number of piperidine rings is 1. The second-order valence-corrected chi connectivity index (χ2v) is 7.83. The molecule has 0 amide bonds. The lowest BCUT2D eigenvalue weighted by Crippen LogP contribution is -2.45. The largest absolute Gasteiger partial charge is 0.493 e. The van der Waals surface area contributed by atoms with Gasteiger partial charge in [-0.1, -0.05) is 24.6 Å². The molecule has 2 atom stereocenters. The van der Waals surface area contributed by atoms with Crippen molar-refractivity contribution in [3.8, 4) is 5.75 Å². The summed E-state index contributed by atoms with van der Waals surface area (Å²) in [5.74, 6) is 3.30. The summed E-state index contributed by atoms with van der Waals surface area (Å²) in [5.41, 5.74) is 1.28. The number of furan rings is 1. The SMILES string of the molecule is CN=C(NCC1CCOc2ccccc21)NCC(c1ccco1)N1CCCCC1. The first-order valence-electron chi connectivity index (χ1n) is 10.8. The first-order valence-corrected chi connectivity index (χ1v) is 10.8. The van der Waals surface area contributed by atoms with E-state index in [1.165, 1.54) is 24.8 Å². The number of hydrogen-bond acceptors (Lipinski definition) is 4. The van der Waals surface area contributed by atoms with E-state index in [1.54, 1.807) is 6.26 Å². The van der Waals surface area contributed by atoms with Gasteiger partial charge in [-0.25, -0.2) is 0 Å². The van der Waals surface area contributed by atoms with Crippen molar-refractivity contribution in [2.45, 2.75) is 37.6 Å². The van der Waals surface area contributed by atoms with Crippen LogP contribution in [0.1, 0.15) is 49.0 Å². The topological polar surface area (TPSA) is 62.0 Å². The van der Waals surface area contributed by atoms with Crippen molar-refractivity contribution in [2.75, 3.05) is 39.8 Å². The Hall–Kier alpha value is -2.47. The molecular formula is C23H32N4O2. The molecule has 2 aromatic rings. The molecule has 2 aliphatic rings. The molecule has 0 spiro atoms. The average Bonchev–Trinajstić information content (AvgIpc) is 3.31. The Balaban J connectivity index is 1.35.